The highest BCUT2D eigenvalue weighted by Gasteiger charge is 2.17. The van der Waals surface area contributed by atoms with E-state index in [2.05, 4.69) is 15.2 Å². The fourth-order valence-electron chi connectivity index (χ4n) is 4.71. The molecular weight excluding hydrogens is 468 g/mol. The second kappa shape index (κ2) is 10.4. The molecule has 0 spiro atoms. The molecule has 0 atom stereocenters. The summed E-state index contributed by atoms with van der Waals surface area (Å²) in [4.78, 5) is 20.5. The van der Waals surface area contributed by atoms with E-state index >= 15 is 0 Å². The second-order valence-electron chi connectivity index (χ2n) is 8.99. The summed E-state index contributed by atoms with van der Waals surface area (Å²) in [5, 5.41) is 3.03. The summed E-state index contributed by atoms with van der Waals surface area (Å²) in [6, 6.07) is 10.5. The number of carbonyl (C=O) groups excluding carboxylic acids is 1. The number of thiazole rings is 1. The molecule has 1 aliphatic heterocycles. The van der Waals surface area contributed by atoms with Crippen LogP contribution >= 0.6 is 11.3 Å². The summed E-state index contributed by atoms with van der Waals surface area (Å²) in [7, 11) is 0. The molecule has 184 valence electrons. The molecule has 1 aliphatic rings. The van der Waals surface area contributed by atoms with Gasteiger partial charge in [0, 0.05) is 36.0 Å². The van der Waals surface area contributed by atoms with E-state index in [1.807, 2.05) is 28.8 Å². The van der Waals surface area contributed by atoms with Gasteiger partial charge in [-0.3, -0.25) is 9.20 Å². The number of nitrogens with one attached hydrogen (secondary N) is 1. The van der Waals surface area contributed by atoms with Crippen LogP contribution in [0.1, 0.15) is 53.6 Å². The number of hydrogen-bond acceptors (Lipinski definition) is 5. The molecule has 1 amide bonds. The van der Waals surface area contributed by atoms with Crippen LogP contribution in [-0.2, 0) is 6.54 Å². The first-order valence-corrected chi connectivity index (χ1v) is 12.9. The average molecular weight is 498 g/mol. The van der Waals surface area contributed by atoms with Crippen molar-refractivity contribution >= 4 is 32.4 Å². The van der Waals surface area contributed by atoms with Crippen molar-refractivity contribution < 1.29 is 13.6 Å². The zero-order valence-electron chi connectivity index (χ0n) is 19.5. The molecule has 2 aromatic carbocycles. The molecular formula is C26H29F2N5OS. The Morgan fingerprint density at radius 3 is 2.74 bits per heavy atom. The molecule has 4 aromatic rings. The number of carbonyl (C=O) groups is 1. The number of halogens is 2. The molecule has 0 saturated carbocycles. The Hall–Kier alpha value is -2.88. The number of nitrogens with two attached hydrogens (primary N) is 1. The van der Waals surface area contributed by atoms with E-state index in [0.717, 1.165) is 28.1 Å². The summed E-state index contributed by atoms with van der Waals surface area (Å²) in [6.07, 6.45) is 4.08. The maximum atomic E-state index is 13.4. The fraction of sp³-hybridized carbons (Fsp3) is 0.385. The minimum absolute atomic E-state index is 0.0576. The Balaban J connectivity index is 1.29. The van der Waals surface area contributed by atoms with Crippen LogP contribution in [0.15, 0.2) is 42.6 Å². The van der Waals surface area contributed by atoms with E-state index in [4.69, 9.17) is 5.73 Å². The first kappa shape index (κ1) is 23.8. The lowest BCUT2D eigenvalue weighted by atomic mass is 10.0. The predicted octanol–water partition coefficient (Wildman–Crippen LogP) is 5.22. The maximum absolute atomic E-state index is 13.4. The molecule has 3 N–H and O–H groups in total. The number of nitrogens with zero attached hydrogens (tertiary/aromatic N) is 3. The molecule has 1 fully saturated rings. The zero-order valence-corrected chi connectivity index (χ0v) is 20.3. The minimum Gasteiger partial charge on any atom is -0.352 e. The minimum atomic E-state index is -2.59. The largest absolute Gasteiger partial charge is 0.352 e. The third kappa shape index (κ3) is 5.07. The summed E-state index contributed by atoms with van der Waals surface area (Å²) in [6.45, 7) is 4.08. The van der Waals surface area contributed by atoms with E-state index < -0.39 is 6.43 Å². The SMILES string of the molecule is NCc1ccc(-c2cn3c(n2)sc2cc(C(=O)NCCCN4CCCCC4)ccc23)cc1C(F)F. The highest BCUT2D eigenvalue weighted by molar-refractivity contribution is 7.23. The van der Waals surface area contributed by atoms with Crippen LogP contribution in [0.5, 0.6) is 0 Å². The molecule has 9 heteroatoms. The van der Waals surface area contributed by atoms with E-state index in [1.165, 1.54) is 49.8 Å². The quantitative estimate of drug-likeness (QED) is 0.328. The number of imidazole rings is 1. The van der Waals surface area contributed by atoms with Gasteiger partial charge in [-0.25, -0.2) is 13.8 Å². The topological polar surface area (TPSA) is 75.7 Å². The normalized spacial score (nSPS) is 14.9. The molecule has 0 aliphatic carbocycles. The standard InChI is InChI=1S/C26H29F2N5OS/c27-24(28)20-13-17(5-6-19(20)15-29)21-16-33-22-8-7-18(14-23(22)35-26(33)31-21)25(34)30-9-4-12-32-10-2-1-3-11-32/h5-8,13-14,16,24H,1-4,9-12,15,29H2,(H,30,34). The number of rotatable bonds is 8. The van der Waals surface area contributed by atoms with Gasteiger partial charge in [0.25, 0.3) is 12.3 Å². The molecule has 0 bridgehead atoms. The van der Waals surface area contributed by atoms with Crippen LogP contribution in [0.3, 0.4) is 0 Å². The lowest BCUT2D eigenvalue weighted by Crippen LogP contribution is -2.33. The Labute approximate surface area is 206 Å². The lowest BCUT2D eigenvalue weighted by molar-refractivity contribution is 0.0951. The van der Waals surface area contributed by atoms with Crippen LogP contribution in [0.2, 0.25) is 0 Å². The molecule has 0 radical (unpaired) electrons. The van der Waals surface area contributed by atoms with Gasteiger partial charge in [0.15, 0.2) is 4.96 Å². The van der Waals surface area contributed by atoms with Gasteiger partial charge in [0.2, 0.25) is 0 Å². The number of fused-ring (bicyclic) bond motifs is 3. The first-order chi connectivity index (χ1) is 17.0. The van der Waals surface area contributed by atoms with Crippen molar-refractivity contribution in [2.45, 2.75) is 38.7 Å². The zero-order chi connectivity index (χ0) is 24.4. The predicted molar refractivity (Wildman–Crippen MR) is 136 cm³/mol. The molecule has 2 aromatic heterocycles. The number of aromatic nitrogens is 2. The molecule has 6 nitrogen and oxygen atoms in total. The van der Waals surface area contributed by atoms with Crippen LogP contribution in [0, 0.1) is 0 Å². The number of amides is 1. The van der Waals surface area contributed by atoms with E-state index in [1.54, 1.807) is 12.1 Å². The summed E-state index contributed by atoms with van der Waals surface area (Å²) >= 11 is 1.47. The van der Waals surface area contributed by atoms with Gasteiger partial charge >= 0.3 is 0 Å². The third-order valence-electron chi connectivity index (χ3n) is 6.64. The fourth-order valence-corrected chi connectivity index (χ4v) is 5.76. The Morgan fingerprint density at radius 2 is 1.97 bits per heavy atom. The van der Waals surface area contributed by atoms with Gasteiger partial charge in [-0.1, -0.05) is 29.9 Å². The lowest BCUT2D eigenvalue weighted by Gasteiger charge is -2.26. The highest BCUT2D eigenvalue weighted by atomic mass is 32.1. The van der Waals surface area contributed by atoms with Crippen molar-refractivity contribution in [3.05, 3.63) is 59.3 Å². The second-order valence-corrected chi connectivity index (χ2v) is 10.0. The Bertz CT molecular complexity index is 1340. The van der Waals surface area contributed by atoms with Crippen LogP contribution < -0.4 is 11.1 Å². The van der Waals surface area contributed by atoms with Crippen molar-refractivity contribution in [3.8, 4) is 11.3 Å². The van der Waals surface area contributed by atoms with Crippen LogP contribution in [0.25, 0.3) is 26.4 Å². The van der Waals surface area contributed by atoms with Crippen LogP contribution in [0.4, 0.5) is 8.78 Å². The maximum Gasteiger partial charge on any atom is 0.264 e. The summed E-state index contributed by atoms with van der Waals surface area (Å²) in [5.41, 5.74) is 8.78. The molecule has 3 heterocycles. The van der Waals surface area contributed by atoms with Crippen molar-refractivity contribution in [1.82, 2.24) is 19.6 Å². The number of hydrogen-bond donors (Lipinski definition) is 2. The summed E-state index contributed by atoms with van der Waals surface area (Å²) in [5.74, 6) is -0.0724. The van der Waals surface area contributed by atoms with Gasteiger partial charge < -0.3 is 16.0 Å². The summed E-state index contributed by atoms with van der Waals surface area (Å²) < 4.78 is 29.8. The number of benzene rings is 2. The van der Waals surface area contributed by atoms with Crippen molar-refractivity contribution in [2.75, 3.05) is 26.2 Å². The number of alkyl halides is 2. The van der Waals surface area contributed by atoms with Gasteiger partial charge in [-0.05, 0) is 68.7 Å². The Kier molecular flexibility index (Phi) is 7.08. The van der Waals surface area contributed by atoms with Gasteiger partial charge in [-0.15, -0.1) is 0 Å². The molecule has 1 saturated heterocycles. The Morgan fingerprint density at radius 1 is 1.14 bits per heavy atom. The van der Waals surface area contributed by atoms with Crippen molar-refractivity contribution in [1.29, 1.82) is 0 Å². The average Bonchev–Trinajstić information content (AvgIpc) is 3.44. The number of piperidine rings is 1. The molecule has 5 rings (SSSR count). The van der Waals surface area contributed by atoms with Crippen LogP contribution in [-0.4, -0.2) is 46.4 Å². The van der Waals surface area contributed by atoms with E-state index in [0.29, 0.717) is 28.9 Å². The van der Waals surface area contributed by atoms with Gasteiger partial charge in [-0.2, -0.15) is 0 Å². The highest BCUT2D eigenvalue weighted by Crippen LogP contribution is 2.32. The number of likely N-dealkylation sites (tertiary alicyclic amines) is 1. The van der Waals surface area contributed by atoms with Gasteiger partial charge in [0.1, 0.15) is 0 Å². The first-order valence-electron chi connectivity index (χ1n) is 12.1. The van der Waals surface area contributed by atoms with E-state index in [-0.39, 0.29) is 18.0 Å². The van der Waals surface area contributed by atoms with Crippen molar-refractivity contribution in [3.63, 3.8) is 0 Å². The van der Waals surface area contributed by atoms with E-state index in [9.17, 15) is 13.6 Å². The molecule has 35 heavy (non-hydrogen) atoms. The van der Waals surface area contributed by atoms with Gasteiger partial charge in [0.05, 0.1) is 15.9 Å². The third-order valence-corrected chi connectivity index (χ3v) is 7.66. The van der Waals surface area contributed by atoms with Crippen molar-refractivity contribution in [2.24, 2.45) is 5.73 Å². The molecule has 0 unspecified atom stereocenters. The monoisotopic (exact) mass is 497 g/mol. The smallest absolute Gasteiger partial charge is 0.264 e.